The van der Waals surface area contributed by atoms with E-state index >= 15 is 0 Å². The maximum Gasteiger partial charge on any atom is -0.00254 e. The third-order valence-electron chi connectivity index (χ3n) is 3.20. The van der Waals surface area contributed by atoms with Crippen LogP contribution < -0.4 is 0 Å². The van der Waals surface area contributed by atoms with Crippen LogP contribution in [0.4, 0.5) is 0 Å². The molecule has 0 nitrogen and oxygen atoms in total. The van der Waals surface area contributed by atoms with Crippen molar-refractivity contribution in [2.45, 2.75) is 53.4 Å². The molecule has 1 aliphatic rings. The lowest BCUT2D eigenvalue weighted by Gasteiger charge is -2.19. The summed E-state index contributed by atoms with van der Waals surface area (Å²) in [6.45, 7) is 12.5. The molecule has 0 N–H and O–H groups in total. The van der Waals surface area contributed by atoms with Crippen molar-refractivity contribution in [3.05, 3.63) is 53.1 Å². The van der Waals surface area contributed by atoms with Crippen LogP contribution in [0.25, 0.3) is 5.57 Å². The SMILES string of the molecule is C=C1C=C(CCCC)c2ccc(C)cc2C1.CC. The Morgan fingerprint density at radius 1 is 1.22 bits per heavy atom. The Morgan fingerprint density at radius 3 is 2.61 bits per heavy atom. The summed E-state index contributed by atoms with van der Waals surface area (Å²) in [6.07, 6.45) is 7.02. The van der Waals surface area contributed by atoms with Gasteiger partial charge in [0.25, 0.3) is 0 Å². The predicted molar refractivity (Wildman–Crippen MR) is 82.9 cm³/mol. The van der Waals surface area contributed by atoms with E-state index in [2.05, 4.69) is 44.7 Å². The van der Waals surface area contributed by atoms with Crippen LogP contribution in [0, 0.1) is 6.92 Å². The van der Waals surface area contributed by atoms with Gasteiger partial charge >= 0.3 is 0 Å². The summed E-state index contributed by atoms with van der Waals surface area (Å²) in [7, 11) is 0. The second kappa shape index (κ2) is 7.20. The highest BCUT2D eigenvalue weighted by Gasteiger charge is 2.13. The van der Waals surface area contributed by atoms with E-state index in [1.54, 1.807) is 0 Å². The molecule has 1 aliphatic carbocycles. The first kappa shape index (κ1) is 14.8. The minimum absolute atomic E-state index is 1.02. The van der Waals surface area contributed by atoms with E-state index in [1.165, 1.54) is 47.1 Å². The molecule has 0 fully saturated rings. The molecule has 0 saturated carbocycles. The lowest BCUT2D eigenvalue weighted by atomic mass is 9.85. The number of hydrogen-bond donors (Lipinski definition) is 0. The van der Waals surface area contributed by atoms with Crippen molar-refractivity contribution in [2.24, 2.45) is 0 Å². The van der Waals surface area contributed by atoms with Gasteiger partial charge in [-0.05, 0) is 42.9 Å². The maximum absolute atomic E-state index is 4.12. The Labute approximate surface area is 112 Å². The summed E-state index contributed by atoms with van der Waals surface area (Å²) in [5.74, 6) is 0. The molecule has 0 bridgehead atoms. The molecule has 0 aliphatic heterocycles. The van der Waals surface area contributed by atoms with Crippen LogP contribution in [0.3, 0.4) is 0 Å². The molecule has 0 unspecified atom stereocenters. The topological polar surface area (TPSA) is 0 Å². The molecule has 0 aromatic heterocycles. The Kier molecular flexibility index (Phi) is 5.91. The zero-order chi connectivity index (χ0) is 13.5. The largest absolute Gasteiger partial charge is 0.0955 e. The average molecular weight is 242 g/mol. The monoisotopic (exact) mass is 242 g/mol. The van der Waals surface area contributed by atoms with Crippen molar-refractivity contribution in [2.75, 3.05) is 0 Å². The van der Waals surface area contributed by atoms with E-state index in [0.29, 0.717) is 0 Å². The van der Waals surface area contributed by atoms with Crippen LogP contribution in [0.1, 0.15) is 56.7 Å². The minimum Gasteiger partial charge on any atom is -0.0955 e. The van der Waals surface area contributed by atoms with E-state index in [9.17, 15) is 0 Å². The number of allylic oxidation sites excluding steroid dienone is 3. The van der Waals surface area contributed by atoms with Crippen LogP contribution in [-0.2, 0) is 6.42 Å². The highest BCUT2D eigenvalue weighted by Crippen LogP contribution is 2.32. The van der Waals surface area contributed by atoms with Gasteiger partial charge < -0.3 is 0 Å². The van der Waals surface area contributed by atoms with Gasteiger partial charge in [0.2, 0.25) is 0 Å². The molecule has 0 spiro atoms. The summed E-state index contributed by atoms with van der Waals surface area (Å²) in [6, 6.07) is 6.80. The van der Waals surface area contributed by atoms with E-state index < -0.39 is 0 Å². The number of unbranched alkanes of at least 4 members (excludes halogenated alkanes) is 1. The Morgan fingerprint density at radius 2 is 1.94 bits per heavy atom. The molecule has 0 radical (unpaired) electrons. The van der Waals surface area contributed by atoms with E-state index in [-0.39, 0.29) is 0 Å². The standard InChI is InChI=1S/C16H20.C2H6/c1-4-5-6-14-10-13(3)11-15-9-12(2)7-8-16(14)15;1-2/h7-10H,3-6,11H2,1-2H3;1-2H3. The third kappa shape index (κ3) is 3.60. The van der Waals surface area contributed by atoms with Crippen molar-refractivity contribution in [3.63, 3.8) is 0 Å². The zero-order valence-corrected chi connectivity index (χ0v) is 12.3. The Hall–Kier alpha value is -1.30. The van der Waals surface area contributed by atoms with Crippen LogP contribution in [0.5, 0.6) is 0 Å². The second-order valence-corrected chi connectivity index (χ2v) is 4.77. The molecular formula is C18H26. The fourth-order valence-corrected chi connectivity index (χ4v) is 2.38. The predicted octanol–water partition coefficient (Wildman–Crippen LogP) is 5.71. The van der Waals surface area contributed by atoms with Crippen molar-refractivity contribution in [3.8, 4) is 0 Å². The lowest BCUT2D eigenvalue weighted by Crippen LogP contribution is -2.02. The van der Waals surface area contributed by atoms with Crippen LogP contribution in [0.2, 0.25) is 0 Å². The molecule has 0 atom stereocenters. The van der Waals surface area contributed by atoms with Gasteiger partial charge in [0.05, 0.1) is 0 Å². The lowest BCUT2D eigenvalue weighted by molar-refractivity contribution is 0.821. The van der Waals surface area contributed by atoms with Gasteiger partial charge in [0, 0.05) is 0 Å². The van der Waals surface area contributed by atoms with Gasteiger partial charge in [0.1, 0.15) is 0 Å². The fourth-order valence-electron chi connectivity index (χ4n) is 2.38. The van der Waals surface area contributed by atoms with Crippen molar-refractivity contribution in [1.29, 1.82) is 0 Å². The average Bonchev–Trinajstić information content (AvgIpc) is 2.37. The van der Waals surface area contributed by atoms with Gasteiger partial charge in [-0.25, -0.2) is 0 Å². The number of hydrogen-bond acceptors (Lipinski definition) is 0. The first-order valence-electron chi connectivity index (χ1n) is 7.19. The summed E-state index contributed by atoms with van der Waals surface area (Å²) in [4.78, 5) is 0. The first-order chi connectivity index (χ1) is 8.70. The van der Waals surface area contributed by atoms with E-state index in [4.69, 9.17) is 0 Å². The highest BCUT2D eigenvalue weighted by molar-refractivity contribution is 5.74. The molecule has 2 rings (SSSR count). The Balaban J connectivity index is 0.000000771. The molecular weight excluding hydrogens is 216 g/mol. The second-order valence-electron chi connectivity index (χ2n) is 4.77. The summed E-state index contributed by atoms with van der Waals surface area (Å²) in [5, 5.41) is 0. The normalized spacial score (nSPS) is 13.3. The van der Waals surface area contributed by atoms with Crippen molar-refractivity contribution >= 4 is 5.57 Å². The van der Waals surface area contributed by atoms with Gasteiger partial charge in [-0.1, -0.05) is 69.2 Å². The first-order valence-corrected chi connectivity index (χ1v) is 7.19. The van der Waals surface area contributed by atoms with Gasteiger partial charge in [-0.2, -0.15) is 0 Å². The Bertz CT molecular complexity index is 435. The van der Waals surface area contributed by atoms with Crippen LogP contribution >= 0.6 is 0 Å². The summed E-state index contributed by atoms with van der Waals surface area (Å²) in [5.41, 5.74) is 6.99. The molecule has 1 aromatic rings. The van der Waals surface area contributed by atoms with Crippen LogP contribution in [-0.4, -0.2) is 0 Å². The quantitative estimate of drug-likeness (QED) is 0.637. The number of aryl methyl sites for hydroxylation is 1. The van der Waals surface area contributed by atoms with Crippen LogP contribution in [0.15, 0.2) is 36.4 Å². The van der Waals surface area contributed by atoms with Crippen molar-refractivity contribution in [1.82, 2.24) is 0 Å². The number of benzene rings is 1. The summed E-state index contributed by atoms with van der Waals surface area (Å²) >= 11 is 0. The van der Waals surface area contributed by atoms with Crippen molar-refractivity contribution < 1.29 is 0 Å². The zero-order valence-electron chi connectivity index (χ0n) is 12.3. The minimum atomic E-state index is 1.02. The molecule has 98 valence electrons. The highest BCUT2D eigenvalue weighted by atomic mass is 14.2. The van der Waals surface area contributed by atoms with E-state index in [0.717, 1.165) is 6.42 Å². The van der Waals surface area contributed by atoms with Gasteiger partial charge in [0.15, 0.2) is 0 Å². The van der Waals surface area contributed by atoms with Gasteiger partial charge in [-0.15, -0.1) is 0 Å². The molecule has 0 heteroatoms. The molecule has 1 aromatic carbocycles. The maximum atomic E-state index is 4.12. The van der Waals surface area contributed by atoms with E-state index in [1.807, 2.05) is 13.8 Å². The number of rotatable bonds is 3. The third-order valence-corrected chi connectivity index (χ3v) is 3.20. The van der Waals surface area contributed by atoms with Gasteiger partial charge in [-0.3, -0.25) is 0 Å². The molecule has 0 saturated heterocycles. The molecule has 18 heavy (non-hydrogen) atoms. The molecule has 0 amide bonds. The molecule has 0 heterocycles. The number of fused-ring (bicyclic) bond motifs is 1. The fraction of sp³-hybridized carbons (Fsp3) is 0.444. The smallest absolute Gasteiger partial charge is 0.00254 e. The summed E-state index contributed by atoms with van der Waals surface area (Å²) < 4.78 is 0.